The van der Waals surface area contributed by atoms with Gasteiger partial charge in [-0.15, -0.1) is 0 Å². The highest BCUT2D eigenvalue weighted by Crippen LogP contribution is 2.23. The van der Waals surface area contributed by atoms with Gasteiger partial charge in [0.2, 0.25) is 0 Å². The molecule has 0 fully saturated rings. The Labute approximate surface area is 140 Å². The van der Waals surface area contributed by atoms with Gasteiger partial charge in [0.25, 0.3) is 0 Å². The molecule has 0 radical (unpaired) electrons. The van der Waals surface area contributed by atoms with Crippen molar-refractivity contribution in [2.45, 2.75) is 13.8 Å². The molecule has 1 N–H and O–H groups in total. The van der Waals surface area contributed by atoms with Crippen LogP contribution in [0.2, 0.25) is 0 Å². The summed E-state index contributed by atoms with van der Waals surface area (Å²) in [6.45, 7) is 4.19. The maximum atomic E-state index is 4.63. The van der Waals surface area contributed by atoms with Crippen LogP contribution < -0.4 is 5.32 Å². The van der Waals surface area contributed by atoms with Crippen molar-refractivity contribution in [1.29, 1.82) is 0 Å². The van der Waals surface area contributed by atoms with E-state index in [0.29, 0.717) is 5.82 Å². The lowest BCUT2D eigenvalue weighted by atomic mass is 10.1. The molecular weight excluding hydrogens is 298 g/mol. The van der Waals surface area contributed by atoms with Gasteiger partial charge in [-0.1, -0.05) is 30.3 Å². The van der Waals surface area contributed by atoms with Crippen molar-refractivity contribution < 1.29 is 0 Å². The van der Waals surface area contributed by atoms with Gasteiger partial charge in [-0.05, 0) is 43.2 Å². The molecule has 0 aliphatic rings. The topological polar surface area (TPSA) is 55.6 Å². The number of nitrogens with zero attached hydrogens (tertiary/aromatic N) is 4. The van der Waals surface area contributed by atoms with E-state index in [9.17, 15) is 0 Å². The molecular formula is C19H17N5. The van der Waals surface area contributed by atoms with E-state index in [2.05, 4.69) is 40.3 Å². The molecule has 0 amide bonds. The fourth-order valence-corrected chi connectivity index (χ4v) is 2.66. The van der Waals surface area contributed by atoms with Crippen molar-refractivity contribution >= 4 is 22.7 Å². The Morgan fingerprint density at radius 3 is 2.58 bits per heavy atom. The zero-order chi connectivity index (χ0) is 16.5. The van der Waals surface area contributed by atoms with Crippen LogP contribution in [0.3, 0.4) is 0 Å². The number of hydrogen-bond acceptors (Lipinski definition) is 4. The van der Waals surface area contributed by atoms with Crippen LogP contribution in [-0.4, -0.2) is 19.7 Å². The second-order valence-electron chi connectivity index (χ2n) is 5.73. The number of fused-ring (bicyclic) bond motifs is 1. The molecule has 5 heteroatoms. The first-order chi connectivity index (χ1) is 11.7. The maximum Gasteiger partial charge on any atom is 0.181 e. The normalized spacial score (nSPS) is 10.9. The monoisotopic (exact) mass is 315 g/mol. The predicted molar refractivity (Wildman–Crippen MR) is 95.9 cm³/mol. The van der Waals surface area contributed by atoms with E-state index in [1.807, 2.05) is 42.5 Å². The van der Waals surface area contributed by atoms with Gasteiger partial charge in [0.1, 0.15) is 11.3 Å². The zero-order valence-electron chi connectivity index (χ0n) is 13.6. The summed E-state index contributed by atoms with van der Waals surface area (Å²) in [5.74, 6) is 0.712. The summed E-state index contributed by atoms with van der Waals surface area (Å²) in [5, 5.41) is 7.75. The fraction of sp³-hybridized carbons (Fsp3) is 0.105. The molecule has 0 saturated heterocycles. The lowest BCUT2D eigenvalue weighted by Gasteiger charge is -2.10. The Hall–Kier alpha value is -3.21. The van der Waals surface area contributed by atoms with Gasteiger partial charge < -0.3 is 5.32 Å². The van der Waals surface area contributed by atoms with Crippen molar-refractivity contribution in [3.05, 3.63) is 72.1 Å². The molecule has 5 nitrogen and oxygen atoms in total. The smallest absolute Gasteiger partial charge is 0.181 e. The van der Waals surface area contributed by atoms with Crippen LogP contribution in [0.5, 0.6) is 0 Å². The summed E-state index contributed by atoms with van der Waals surface area (Å²) >= 11 is 0. The van der Waals surface area contributed by atoms with Gasteiger partial charge in [0, 0.05) is 5.69 Å². The van der Waals surface area contributed by atoms with Crippen LogP contribution in [0.15, 0.2) is 60.9 Å². The Morgan fingerprint density at radius 1 is 0.917 bits per heavy atom. The van der Waals surface area contributed by atoms with E-state index in [4.69, 9.17) is 0 Å². The second-order valence-corrected chi connectivity index (χ2v) is 5.73. The van der Waals surface area contributed by atoms with E-state index >= 15 is 0 Å². The lowest BCUT2D eigenvalue weighted by molar-refractivity contribution is 0.897. The third kappa shape index (κ3) is 2.50. The third-order valence-electron chi connectivity index (χ3n) is 4.14. The summed E-state index contributed by atoms with van der Waals surface area (Å²) in [6.07, 6.45) is 3.48. The molecule has 0 atom stereocenters. The highest BCUT2D eigenvalue weighted by Gasteiger charge is 2.09. The molecule has 0 aliphatic heterocycles. The van der Waals surface area contributed by atoms with Crippen molar-refractivity contribution in [3.63, 3.8) is 0 Å². The number of anilines is 2. The minimum Gasteiger partial charge on any atom is -0.339 e. The number of hydrogen-bond donors (Lipinski definition) is 1. The average Bonchev–Trinajstić information content (AvgIpc) is 3.03. The molecule has 2 aromatic heterocycles. The number of aromatic nitrogens is 4. The van der Waals surface area contributed by atoms with Gasteiger partial charge in [-0.3, -0.25) is 0 Å². The summed E-state index contributed by atoms with van der Waals surface area (Å²) in [7, 11) is 0. The molecule has 0 unspecified atom stereocenters. The number of para-hydroxylation sites is 1. The second kappa shape index (κ2) is 5.77. The quantitative estimate of drug-likeness (QED) is 0.616. The molecule has 118 valence electrons. The minimum atomic E-state index is 0.712. The van der Waals surface area contributed by atoms with Gasteiger partial charge in [-0.25, -0.2) is 14.6 Å². The molecule has 4 rings (SSSR count). The summed E-state index contributed by atoms with van der Waals surface area (Å²) < 4.78 is 1.80. The van der Waals surface area contributed by atoms with Gasteiger partial charge in [-0.2, -0.15) is 5.10 Å². The summed E-state index contributed by atoms with van der Waals surface area (Å²) in [6, 6.07) is 16.1. The molecule has 2 heterocycles. The average molecular weight is 315 g/mol. The number of aryl methyl sites for hydroxylation is 1. The zero-order valence-corrected chi connectivity index (χ0v) is 13.6. The van der Waals surface area contributed by atoms with E-state index in [-0.39, 0.29) is 0 Å². The van der Waals surface area contributed by atoms with Crippen LogP contribution in [0, 0.1) is 13.8 Å². The summed E-state index contributed by atoms with van der Waals surface area (Å²) in [5.41, 5.74) is 5.96. The standard InChI is InChI=1S/C19H17N5/c1-13-7-6-10-16(14(13)2)22-18-12-20-19-17(23-18)11-21-24(19)15-8-4-3-5-9-15/h3-12H,1-2H3,(H,22,23). The van der Waals surface area contributed by atoms with Crippen LogP contribution in [-0.2, 0) is 0 Å². The van der Waals surface area contributed by atoms with Crippen molar-refractivity contribution in [3.8, 4) is 5.69 Å². The van der Waals surface area contributed by atoms with Crippen LogP contribution in [0.4, 0.5) is 11.5 Å². The molecule has 0 saturated carbocycles. The fourth-order valence-electron chi connectivity index (χ4n) is 2.66. The van der Waals surface area contributed by atoms with Crippen LogP contribution in [0.1, 0.15) is 11.1 Å². The first-order valence-electron chi connectivity index (χ1n) is 7.82. The van der Waals surface area contributed by atoms with E-state index < -0.39 is 0 Å². The predicted octanol–water partition coefficient (Wildman–Crippen LogP) is 4.18. The minimum absolute atomic E-state index is 0.712. The van der Waals surface area contributed by atoms with Crippen LogP contribution in [0.25, 0.3) is 16.9 Å². The Balaban J connectivity index is 1.71. The number of nitrogens with one attached hydrogen (secondary N) is 1. The van der Waals surface area contributed by atoms with Crippen LogP contribution >= 0.6 is 0 Å². The van der Waals surface area contributed by atoms with E-state index in [1.165, 1.54) is 11.1 Å². The first-order valence-corrected chi connectivity index (χ1v) is 7.82. The number of rotatable bonds is 3. The third-order valence-corrected chi connectivity index (χ3v) is 4.14. The van der Waals surface area contributed by atoms with Gasteiger partial charge in [0.05, 0.1) is 18.1 Å². The molecule has 2 aromatic carbocycles. The van der Waals surface area contributed by atoms with Crippen molar-refractivity contribution in [1.82, 2.24) is 19.7 Å². The SMILES string of the molecule is Cc1cccc(Nc2cnc3c(cnn3-c3ccccc3)n2)c1C. The molecule has 0 bridgehead atoms. The molecule has 0 aliphatic carbocycles. The molecule has 0 spiro atoms. The number of benzene rings is 2. The maximum absolute atomic E-state index is 4.63. The Morgan fingerprint density at radius 2 is 1.75 bits per heavy atom. The highest BCUT2D eigenvalue weighted by atomic mass is 15.3. The largest absolute Gasteiger partial charge is 0.339 e. The first kappa shape index (κ1) is 14.4. The molecule has 24 heavy (non-hydrogen) atoms. The van der Waals surface area contributed by atoms with E-state index in [1.54, 1.807) is 17.1 Å². The van der Waals surface area contributed by atoms with E-state index in [0.717, 1.165) is 22.5 Å². The Kier molecular flexibility index (Phi) is 3.46. The Bertz CT molecular complexity index is 1000. The molecule has 4 aromatic rings. The highest BCUT2D eigenvalue weighted by molar-refractivity contribution is 5.74. The van der Waals surface area contributed by atoms with Crippen molar-refractivity contribution in [2.24, 2.45) is 0 Å². The lowest BCUT2D eigenvalue weighted by Crippen LogP contribution is -2.00. The summed E-state index contributed by atoms with van der Waals surface area (Å²) in [4.78, 5) is 9.17. The van der Waals surface area contributed by atoms with Crippen molar-refractivity contribution in [2.75, 3.05) is 5.32 Å². The van der Waals surface area contributed by atoms with Gasteiger partial charge >= 0.3 is 0 Å². The van der Waals surface area contributed by atoms with Gasteiger partial charge in [0.15, 0.2) is 5.65 Å².